The van der Waals surface area contributed by atoms with Gasteiger partial charge in [0.2, 0.25) is 23.6 Å². The molecule has 4 unspecified atom stereocenters. The minimum atomic E-state index is -1.27. The summed E-state index contributed by atoms with van der Waals surface area (Å²) in [5, 5.41) is 16.6. The lowest BCUT2D eigenvalue weighted by atomic mass is 10.1. The van der Waals surface area contributed by atoms with Crippen molar-refractivity contribution in [3.8, 4) is 0 Å². The summed E-state index contributed by atoms with van der Waals surface area (Å²) in [6.45, 7) is 1.35. The predicted octanol–water partition coefficient (Wildman–Crippen LogP) is -2.93. The minimum Gasteiger partial charge on any atom is -0.480 e. The minimum absolute atomic E-state index is 0.0484. The van der Waals surface area contributed by atoms with Gasteiger partial charge < -0.3 is 42.5 Å². The van der Waals surface area contributed by atoms with Gasteiger partial charge in [0.25, 0.3) is 0 Å². The maximum absolute atomic E-state index is 12.8. The maximum atomic E-state index is 12.8. The van der Waals surface area contributed by atoms with E-state index >= 15 is 0 Å². The molecular formula is C20H29N9O6. The number of hydrogen-bond acceptors (Lipinski definition) is 8. The van der Waals surface area contributed by atoms with E-state index in [1.54, 1.807) is 0 Å². The summed E-state index contributed by atoms with van der Waals surface area (Å²) in [4.78, 5) is 73.7. The number of carboxylic acids is 1. The summed E-state index contributed by atoms with van der Waals surface area (Å²) in [6, 6.07) is -4.65. The summed E-state index contributed by atoms with van der Waals surface area (Å²) in [5.74, 6) is -4.15. The van der Waals surface area contributed by atoms with E-state index in [-0.39, 0.29) is 25.7 Å². The highest BCUT2D eigenvalue weighted by Gasteiger charge is 2.29. The Morgan fingerprint density at radius 3 is 2.00 bits per heavy atom. The number of nitrogens with zero attached hydrogens (tertiary/aromatic N) is 2. The van der Waals surface area contributed by atoms with Crippen molar-refractivity contribution in [3.05, 3.63) is 36.4 Å². The number of nitrogens with two attached hydrogens (primary N) is 2. The zero-order valence-corrected chi connectivity index (χ0v) is 19.0. The second-order valence-electron chi connectivity index (χ2n) is 7.86. The zero-order chi connectivity index (χ0) is 26.0. The molecule has 0 aliphatic heterocycles. The molecule has 2 heterocycles. The first-order valence-corrected chi connectivity index (χ1v) is 10.7. The number of rotatable bonds is 14. The summed E-state index contributed by atoms with van der Waals surface area (Å²) < 4.78 is 0. The van der Waals surface area contributed by atoms with E-state index in [0.29, 0.717) is 11.4 Å². The van der Waals surface area contributed by atoms with Gasteiger partial charge in [-0.1, -0.05) is 0 Å². The molecular weight excluding hydrogens is 462 g/mol. The molecule has 35 heavy (non-hydrogen) atoms. The van der Waals surface area contributed by atoms with Crippen LogP contribution < -0.4 is 27.4 Å². The molecule has 0 aromatic carbocycles. The van der Waals surface area contributed by atoms with Gasteiger partial charge in [0.15, 0.2) is 0 Å². The first-order chi connectivity index (χ1) is 16.6. The number of imidazole rings is 2. The Bertz CT molecular complexity index is 1010. The molecule has 0 bridgehead atoms. The van der Waals surface area contributed by atoms with Crippen LogP contribution in [0.4, 0.5) is 0 Å². The van der Waals surface area contributed by atoms with Gasteiger partial charge in [0, 0.05) is 43.0 Å². The highest BCUT2D eigenvalue weighted by Crippen LogP contribution is 2.03. The Hall–Kier alpha value is -4.27. The van der Waals surface area contributed by atoms with Gasteiger partial charge in [-0.3, -0.25) is 19.2 Å². The molecule has 4 atom stereocenters. The summed E-state index contributed by atoms with van der Waals surface area (Å²) in [7, 11) is 0. The first-order valence-electron chi connectivity index (χ1n) is 10.7. The van der Waals surface area contributed by atoms with E-state index in [1.165, 1.54) is 32.0 Å². The summed E-state index contributed by atoms with van der Waals surface area (Å²) >= 11 is 0. The third-order valence-electron chi connectivity index (χ3n) is 4.99. The zero-order valence-electron chi connectivity index (χ0n) is 19.0. The number of aliphatic carboxylic acids is 1. The first kappa shape index (κ1) is 27.0. The maximum Gasteiger partial charge on any atom is 0.326 e. The SMILES string of the molecule is CC(NC(=O)C(CCC(N)=O)NC(=O)C(N)Cc1cnc[nH]1)C(=O)NC(Cc1cnc[nH]1)C(=O)O. The van der Waals surface area contributed by atoms with Gasteiger partial charge in [-0.25, -0.2) is 14.8 Å². The molecule has 15 nitrogen and oxygen atoms in total. The standard InChI is InChI=1S/C20H29N9O6/c1-10(17(31)29-15(20(34)35)5-12-7-24-9-26-12)27-19(33)14(2-3-16(22)30)28-18(32)13(21)4-11-6-23-8-25-11/h6-10,13-15H,2-5,21H2,1H3,(H2,22,30)(H,23,25)(H,24,26)(H,27,33)(H,28,32)(H,29,31)(H,34,35). The van der Waals surface area contributed by atoms with Crippen molar-refractivity contribution < 1.29 is 29.1 Å². The van der Waals surface area contributed by atoms with E-state index in [9.17, 15) is 29.1 Å². The number of aromatic amines is 2. The smallest absolute Gasteiger partial charge is 0.326 e. The number of carbonyl (C=O) groups is 5. The Labute approximate surface area is 199 Å². The Kier molecular flexibility index (Phi) is 9.89. The topological polar surface area (TPSA) is 251 Å². The van der Waals surface area contributed by atoms with Crippen LogP contribution in [0.5, 0.6) is 0 Å². The Balaban J connectivity index is 1.98. The highest BCUT2D eigenvalue weighted by atomic mass is 16.4. The van der Waals surface area contributed by atoms with Crippen molar-refractivity contribution in [1.29, 1.82) is 0 Å². The second kappa shape index (κ2) is 12.8. The van der Waals surface area contributed by atoms with Crippen molar-refractivity contribution in [3.63, 3.8) is 0 Å². The van der Waals surface area contributed by atoms with E-state index in [1.807, 2.05) is 0 Å². The quantitative estimate of drug-likeness (QED) is 0.134. The molecule has 0 saturated heterocycles. The molecule has 0 aliphatic rings. The number of carbonyl (C=O) groups excluding carboxylic acids is 4. The number of hydrogen-bond donors (Lipinski definition) is 8. The van der Waals surface area contributed by atoms with Crippen LogP contribution in [-0.4, -0.2) is 78.8 Å². The molecule has 190 valence electrons. The molecule has 2 aromatic rings. The molecule has 0 fully saturated rings. The number of aromatic nitrogens is 4. The number of amides is 4. The van der Waals surface area contributed by atoms with Crippen LogP contribution in [0.15, 0.2) is 25.0 Å². The lowest BCUT2D eigenvalue weighted by Crippen LogP contribution is -2.56. The third kappa shape index (κ3) is 8.88. The molecule has 0 saturated carbocycles. The van der Waals surface area contributed by atoms with Crippen LogP contribution in [0.2, 0.25) is 0 Å². The average Bonchev–Trinajstić information content (AvgIpc) is 3.49. The van der Waals surface area contributed by atoms with Crippen LogP contribution in [0.1, 0.15) is 31.2 Å². The molecule has 0 spiro atoms. The fourth-order valence-electron chi connectivity index (χ4n) is 3.05. The summed E-state index contributed by atoms with van der Waals surface area (Å²) in [6.07, 6.45) is 5.47. The molecule has 4 amide bonds. The molecule has 0 aliphatic carbocycles. The van der Waals surface area contributed by atoms with Gasteiger partial charge in [0.05, 0.1) is 18.7 Å². The third-order valence-corrected chi connectivity index (χ3v) is 4.99. The van der Waals surface area contributed by atoms with Gasteiger partial charge in [-0.15, -0.1) is 0 Å². The number of H-pyrrole nitrogens is 2. The van der Waals surface area contributed by atoms with E-state index in [2.05, 4.69) is 35.9 Å². The average molecular weight is 492 g/mol. The van der Waals surface area contributed by atoms with E-state index < -0.39 is 53.8 Å². The molecule has 0 radical (unpaired) electrons. The Morgan fingerprint density at radius 2 is 1.49 bits per heavy atom. The number of carboxylic acid groups (broad SMARTS) is 1. The molecule has 15 heteroatoms. The Morgan fingerprint density at radius 1 is 0.914 bits per heavy atom. The van der Waals surface area contributed by atoms with Crippen LogP contribution in [0.25, 0.3) is 0 Å². The van der Waals surface area contributed by atoms with Crippen LogP contribution >= 0.6 is 0 Å². The monoisotopic (exact) mass is 491 g/mol. The highest BCUT2D eigenvalue weighted by molar-refractivity contribution is 5.94. The number of nitrogens with one attached hydrogen (secondary N) is 5. The van der Waals surface area contributed by atoms with Gasteiger partial charge in [0.1, 0.15) is 18.1 Å². The second-order valence-corrected chi connectivity index (χ2v) is 7.86. The van der Waals surface area contributed by atoms with Gasteiger partial charge in [-0.05, 0) is 13.3 Å². The lowest BCUT2D eigenvalue weighted by molar-refractivity contribution is -0.142. The van der Waals surface area contributed by atoms with Crippen LogP contribution in [0, 0.1) is 0 Å². The van der Waals surface area contributed by atoms with Crippen molar-refractivity contribution in [2.45, 2.75) is 56.8 Å². The van der Waals surface area contributed by atoms with E-state index in [0.717, 1.165) is 0 Å². The fourth-order valence-corrected chi connectivity index (χ4v) is 3.05. The fraction of sp³-hybridized carbons (Fsp3) is 0.450. The molecule has 10 N–H and O–H groups in total. The predicted molar refractivity (Wildman–Crippen MR) is 120 cm³/mol. The van der Waals surface area contributed by atoms with Crippen molar-refractivity contribution >= 4 is 29.6 Å². The normalized spacial score (nSPS) is 14.2. The molecule has 2 aromatic heterocycles. The van der Waals surface area contributed by atoms with E-state index in [4.69, 9.17) is 11.5 Å². The molecule has 2 rings (SSSR count). The van der Waals surface area contributed by atoms with Crippen LogP contribution in [-0.2, 0) is 36.8 Å². The van der Waals surface area contributed by atoms with Gasteiger partial charge >= 0.3 is 5.97 Å². The van der Waals surface area contributed by atoms with Crippen molar-refractivity contribution in [1.82, 2.24) is 35.9 Å². The lowest BCUT2D eigenvalue weighted by Gasteiger charge is -2.23. The largest absolute Gasteiger partial charge is 0.480 e. The van der Waals surface area contributed by atoms with Crippen molar-refractivity contribution in [2.75, 3.05) is 0 Å². The summed E-state index contributed by atoms with van der Waals surface area (Å²) in [5.41, 5.74) is 12.2. The van der Waals surface area contributed by atoms with Gasteiger partial charge in [-0.2, -0.15) is 0 Å². The van der Waals surface area contributed by atoms with Crippen molar-refractivity contribution in [2.24, 2.45) is 11.5 Å². The van der Waals surface area contributed by atoms with Crippen LogP contribution in [0.3, 0.4) is 0 Å². The number of primary amides is 1.